The summed E-state index contributed by atoms with van der Waals surface area (Å²) in [7, 11) is 3.20. The molecule has 0 aliphatic carbocycles. The first-order valence-electron chi connectivity index (χ1n) is 9.09. The van der Waals surface area contributed by atoms with Gasteiger partial charge in [-0.1, -0.05) is 30.3 Å². The van der Waals surface area contributed by atoms with Crippen LogP contribution in [0.3, 0.4) is 0 Å². The van der Waals surface area contributed by atoms with Crippen molar-refractivity contribution < 1.29 is 14.3 Å². The van der Waals surface area contributed by atoms with Gasteiger partial charge in [-0.2, -0.15) is 0 Å². The summed E-state index contributed by atoms with van der Waals surface area (Å²) < 4.78 is 10.5. The van der Waals surface area contributed by atoms with E-state index in [1.165, 1.54) is 22.2 Å². The molecule has 0 aromatic heterocycles. The maximum absolute atomic E-state index is 12.3. The molecule has 0 unspecified atom stereocenters. The fourth-order valence-electron chi connectivity index (χ4n) is 2.62. The van der Waals surface area contributed by atoms with Gasteiger partial charge in [0.2, 0.25) is 5.91 Å². The zero-order valence-corrected chi connectivity index (χ0v) is 18.0. The zero-order valence-electron chi connectivity index (χ0n) is 16.4. The van der Waals surface area contributed by atoms with E-state index in [2.05, 4.69) is 17.4 Å². The van der Waals surface area contributed by atoms with Gasteiger partial charge >= 0.3 is 0 Å². The molecule has 29 heavy (non-hydrogen) atoms. The molecule has 0 atom stereocenters. The number of ether oxygens (including phenoxy) is 2. The Morgan fingerprint density at radius 1 is 0.828 bits per heavy atom. The number of thioether (sulfide) groups is 2. The Hall–Kier alpha value is -2.57. The van der Waals surface area contributed by atoms with E-state index in [0.29, 0.717) is 17.3 Å². The molecule has 1 N–H and O–H groups in total. The third kappa shape index (κ3) is 6.48. The SMILES string of the molecule is COc1ccc(SCC(=O)Nc2ccc(CSc3ccccc3)cc2)cc1OC. The van der Waals surface area contributed by atoms with E-state index in [4.69, 9.17) is 9.47 Å². The molecule has 0 saturated carbocycles. The maximum atomic E-state index is 12.3. The molecule has 3 aromatic rings. The molecule has 4 nitrogen and oxygen atoms in total. The lowest BCUT2D eigenvalue weighted by molar-refractivity contribution is -0.113. The van der Waals surface area contributed by atoms with E-state index >= 15 is 0 Å². The lowest BCUT2D eigenvalue weighted by Crippen LogP contribution is -2.13. The summed E-state index contributed by atoms with van der Waals surface area (Å²) in [6, 6.07) is 23.9. The van der Waals surface area contributed by atoms with E-state index < -0.39 is 0 Å². The minimum absolute atomic E-state index is 0.0452. The van der Waals surface area contributed by atoms with Crippen molar-refractivity contribution in [3.63, 3.8) is 0 Å². The smallest absolute Gasteiger partial charge is 0.234 e. The van der Waals surface area contributed by atoms with Crippen molar-refractivity contribution >= 4 is 35.1 Å². The van der Waals surface area contributed by atoms with Crippen LogP contribution in [-0.4, -0.2) is 25.9 Å². The van der Waals surface area contributed by atoms with Gasteiger partial charge in [-0.05, 0) is 48.0 Å². The fourth-order valence-corrected chi connectivity index (χ4v) is 4.22. The number of nitrogens with one attached hydrogen (secondary N) is 1. The van der Waals surface area contributed by atoms with Gasteiger partial charge in [0.15, 0.2) is 11.5 Å². The van der Waals surface area contributed by atoms with E-state index in [0.717, 1.165) is 16.3 Å². The van der Waals surface area contributed by atoms with Crippen molar-refractivity contribution in [3.05, 3.63) is 78.4 Å². The van der Waals surface area contributed by atoms with Crippen LogP contribution in [0.1, 0.15) is 5.56 Å². The number of hydrogen-bond donors (Lipinski definition) is 1. The number of anilines is 1. The third-order valence-corrected chi connectivity index (χ3v) is 6.19. The number of hydrogen-bond acceptors (Lipinski definition) is 5. The second-order valence-corrected chi connectivity index (χ2v) is 8.25. The zero-order chi connectivity index (χ0) is 20.5. The van der Waals surface area contributed by atoms with Crippen LogP contribution in [0, 0.1) is 0 Å². The Balaban J connectivity index is 1.48. The lowest BCUT2D eigenvalue weighted by atomic mass is 10.2. The van der Waals surface area contributed by atoms with Crippen LogP contribution in [-0.2, 0) is 10.5 Å². The quantitative estimate of drug-likeness (QED) is 0.444. The van der Waals surface area contributed by atoms with Gasteiger partial charge in [-0.15, -0.1) is 23.5 Å². The van der Waals surface area contributed by atoms with Crippen LogP contribution < -0.4 is 14.8 Å². The van der Waals surface area contributed by atoms with Crippen LogP contribution in [0.4, 0.5) is 5.69 Å². The molecule has 0 spiro atoms. The van der Waals surface area contributed by atoms with Gasteiger partial charge < -0.3 is 14.8 Å². The van der Waals surface area contributed by atoms with Crippen LogP contribution in [0.5, 0.6) is 11.5 Å². The molecule has 3 aromatic carbocycles. The first-order valence-corrected chi connectivity index (χ1v) is 11.1. The van der Waals surface area contributed by atoms with Gasteiger partial charge in [-0.25, -0.2) is 0 Å². The standard InChI is InChI=1S/C23H23NO3S2/c1-26-21-13-12-20(14-22(21)27-2)29-16-23(25)24-18-10-8-17(9-11-18)15-28-19-6-4-3-5-7-19/h3-14H,15-16H2,1-2H3,(H,24,25). The topological polar surface area (TPSA) is 47.6 Å². The molecule has 0 aliphatic rings. The number of carbonyl (C=O) groups is 1. The molecule has 6 heteroatoms. The molecule has 0 heterocycles. The van der Waals surface area contributed by atoms with Gasteiger partial charge in [0.05, 0.1) is 20.0 Å². The third-order valence-electron chi connectivity index (χ3n) is 4.11. The van der Waals surface area contributed by atoms with Crippen LogP contribution in [0.25, 0.3) is 0 Å². The monoisotopic (exact) mass is 425 g/mol. The fraction of sp³-hybridized carbons (Fsp3) is 0.174. The molecular formula is C23H23NO3S2. The summed E-state index contributed by atoms with van der Waals surface area (Å²) >= 11 is 3.25. The predicted molar refractivity (Wildman–Crippen MR) is 121 cm³/mol. The van der Waals surface area contributed by atoms with Crippen LogP contribution in [0.2, 0.25) is 0 Å². The van der Waals surface area contributed by atoms with E-state index in [-0.39, 0.29) is 5.91 Å². The van der Waals surface area contributed by atoms with Gasteiger partial charge in [0.25, 0.3) is 0 Å². The maximum Gasteiger partial charge on any atom is 0.234 e. The molecule has 1 amide bonds. The van der Waals surface area contributed by atoms with Crippen LogP contribution >= 0.6 is 23.5 Å². The molecule has 0 saturated heterocycles. The van der Waals surface area contributed by atoms with Crippen LogP contribution in [0.15, 0.2) is 82.6 Å². The average molecular weight is 426 g/mol. The number of rotatable bonds is 9. The Labute approximate surface area is 180 Å². The molecule has 0 aliphatic heterocycles. The summed E-state index contributed by atoms with van der Waals surface area (Å²) in [5.74, 6) is 2.50. The summed E-state index contributed by atoms with van der Waals surface area (Å²) in [5.41, 5.74) is 2.02. The van der Waals surface area contributed by atoms with Crippen molar-refractivity contribution in [1.82, 2.24) is 0 Å². The highest BCUT2D eigenvalue weighted by molar-refractivity contribution is 8.00. The van der Waals surface area contributed by atoms with Crippen molar-refractivity contribution in [1.29, 1.82) is 0 Å². The van der Waals surface area contributed by atoms with Crippen molar-refractivity contribution in [2.45, 2.75) is 15.5 Å². The minimum atomic E-state index is -0.0452. The number of benzene rings is 3. The molecule has 150 valence electrons. The Morgan fingerprint density at radius 2 is 1.55 bits per heavy atom. The molecule has 3 rings (SSSR count). The van der Waals surface area contributed by atoms with Gasteiger partial charge in [-0.3, -0.25) is 4.79 Å². The lowest BCUT2D eigenvalue weighted by Gasteiger charge is -2.10. The molecule has 0 radical (unpaired) electrons. The highest BCUT2D eigenvalue weighted by atomic mass is 32.2. The van der Waals surface area contributed by atoms with Gasteiger partial charge in [0.1, 0.15) is 0 Å². The number of methoxy groups -OCH3 is 2. The highest BCUT2D eigenvalue weighted by Gasteiger charge is 2.08. The van der Waals surface area contributed by atoms with E-state index in [9.17, 15) is 4.79 Å². The second-order valence-electron chi connectivity index (χ2n) is 6.15. The summed E-state index contributed by atoms with van der Waals surface area (Å²) in [5, 5.41) is 2.94. The summed E-state index contributed by atoms with van der Waals surface area (Å²) in [6.45, 7) is 0. The van der Waals surface area contributed by atoms with Crippen molar-refractivity contribution in [3.8, 4) is 11.5 Å². The van der Waals surface area contributed by atoms with Gasteiger partial charge in [0, 0.05) is 21.2 Å². The first-order chi connectivity index (χ1) is 14.2. The molecule has 0 fully saturated rings. The van der Waals surface area contributed by atoms with Crippen molar-refractivity contribution in [2.24, 2.45) is 0 Å². The summed E-state index contributed by atoms with van der Waals surface area (Å²) in [4.78, 5) is 14.5. The largest absolute Gasteiger partial charge is 0.493 e. The van der Waals surface area contributed by atoms with E-state index in [1.54, 1.807) is 26.0 Å². The summed E-state index contributed by atoms with van der Waals surface area (Å²) in [6.07, 6.45) is 0. The number of amides is 1. The highest BCUT2D eigenvalue weighted by Crippen LogP contribution is 2.32. The minimum Gasteiger partial charge on any atom is -0.493 e. The Kier molecular flexibility index (Phi) is 7.90. The second kappa shape index (κ2) is 10.8. The van der Waals surface area contributed by atoms with E-state index in [1.807, 2.05) is 60.7 Å². The first kappa shape index (κ1) is 21.1. The Morgan fingerprint density at radius 3 is 2.24 bits per heavy atom. The predicted octanol–water partition coefficient (Wildman–Crippen LogP) is 5.73. The average Bonchev–Trinajstić information content (AvgIpc) is 2.77. The molecule has 0 bridgehead atoms. The Bertz CT molecular complexity index is 931. The number of carbonyl (C=O) groups excluding carboxylic acids is 1. The van der Waals surface area contributed by atoms with Crippen molar-refractivity contribution in [2.75, 3.05) is 25.3 Å². The molecular weight excluding hydrogens is 402 g/mol. The normalized spacial score (nSPS) is 10.4.